The van der Waals surface area contributed by atoms with Crippen molar-refractivity contribution in [2.45, 2.75) is 24.2 Å². The Kier molecular flexibility index (Phi) is 4.44. The first-order valence-electron chi connectivity index (χ1n) is 9.73. The van der Waals surface area contributed by atoms with Crippen molar-refractivity contribution in [1.82, 2.24) is 15.0 Å². The minimum atomic E-state index is -1.00. The van der Waals surface area contributed by atoms with Crippen LogP contribution in [0.25, 0.3) is 11.3 Å². The Labute approximate surface area is 172 Å². The van der Waals surface area contributed by atoms with Gasteiger partial charge in [0, 0.05) is 47.0 Å². The molecule has 0 aliphatic carbocycles. The average molecular weight is 407 g/mol. The first-order valence-corrected chi connectivity index (χ1v) is 11.0. The number of ether oxygens (including phenoxy) is 1. The number of aryl methyl sites for hydroxylation is 1. The van der Waals surface area contributed by atoms with Gasteiger partial charge in [-0.05, 0) is 42.3 Å². The Bertz CT molecular complexity index is 1100. The number of hydrogen-bond acceptors (Lipinski definition) is 6. The maximum atomic E-state index is 12.4. The highest BCUT2D eigenvalue weighted by Crippen LogP contribution is 2.48. The third kappa shape index (κ3) is 3.05. The third-order valence-corrected chi connectivity index (χ3v) is 6.97. The van der Waals surface area contributed by atoms with E-state index < -0.39 is 10.8 Å². The molecule has 1 spiro atoms. The largest absolute Gasteiger partial charge is 0.379 e. The number of aromatic nitrogens is 3. The molecule has 0 bridgehead atoms. The van der Waals surface area contributed by atoms with Crippen LogP contribution in [0.5, 0.6) is 0 Å². The molecule has 0 radical (unpaired) electrons. The van der Waals surface area contributed by atoms with Gasteiger partial charge in [-0.15, -0.1) is 0 Å². The van der Waals surface area contributed by atoms with Crippen LogP contribution in [-0.4, -0.2) is 44.7 Å². The fourth-order valence-electron chi connectivity index (χ4n) is 4.03. The van der Waals surface area contributed by atoms with Gasteiger partial charge in [0.2, 0.25) is 5.95 Å². The van der Waals surface area contributed by atoms with E-state index in [9.17, 15) is 4.21 Å². The lowest BCUT2D eigenvalue weighted by Crippen LogP contribution is -2.49. The van der Waals surface area contributed by atoms with Crippen LogP contribution in [0.3, 0.4) is 0 Å². The second kappa shape index (κ2) is 7.00. The van der Waals surface area contributed by atoms with Crippen LogP contribution in [0.15, 0.2) is 53.8 Å². The highest BCUT2D eigenvalue weighted by Gasteiger charge is 2.49. The van der Waals surface area contributed by atoms with E-state index in [1.165, 1.54) is 5.56 Å². The van der Waals surface area contributed by atoms with E-state index in [1.807, 2.05) is 50.5 Å². The molecule has 7 heteroatoms. The normalized spacial score (nSPS) is 17.8. The van der Waals surface area contributed by atoms with Gasteiger partial charge < -0.3 is 9.64 Å². The van der Waals surface area contributed by atoms with Crippen LogP contribution < -0.4 is 4.90 Å². The first kappa shape index (κ1) is 18.4. The maximum absolute atomic E-state index is 12.4. The topological polar surface area (TPSA) is 68.2 Å². The summed E-state index contributed by atoms with van der Waals surface area (Å²) in [6.07, 6.45) is 5.44. The van der Waals surface area contributed by atoms with Crippen molar-refractivity contribution in [3.63, 3.8) is 0 Å². The Morgan fingerprint density at radius 1 is 1.14 bits per heavy atom. The van der Waals surface area contributed by atoms with E-state index in [2.05, 4.69) is 25.9 Å². The molecule has 2 aliphatic heterocycles. The van der Waals surface area contributed by atoms with Crippen molar-refractivity contribution >= 4 is 22.4 Å². The summed E-state index contributed by atoms with van der Waals surface area (Å²) < 4.78 is 17.9. The van der Waals surface area contributed by atoms with Gasteiger partial charge in [0.1, 0.15) is 0 Å². The molecule has 3 aromatic rings. The molecule has 0 unspecified atom stereocenters. The predicted molar refractivity (Wildman–Crippen MR) is 113 cm³/mol. The zero-order valence-corrected chi connectivity index (χ0v) is 17.3. The SMILES string of the molecule is CC[S@](=O)c1ccc2c(c1)N(c1ncc(-c3cc(C)ccn3)cn1)CC21COC1. The monoisotopic (exact) mass is 406 g/mol. The molecule has 1 fully saturated rings. The first-order chi connectivity index (χ1) is 14.1. The van der Waals surface area contributed by atoms with Crippen molar-refractivity contribution in [2.75, 3.05) is 30.4 Å². The van der Waals surface area contributed by atoms with Crippen molar-refractivity contribution in [2.24, 2.45) is 0 Å². The van der Waals surface area contributed by atoms with Crippen molar-refractivity contribution in [3.05, 3.63) is 60.0 Å². The van der Waals surface area contributed by atoms with Gasteiger partial charge in [-0.25, -0.2) is 9.97 Å². The van der Waals surface area contributed by atoms with Crippen LogP contribution >= 0.6 is 0 Å². The molecule has 4 heterocycles. The fraction of sp³-hybridized carbons (Fsp3) is 0.318. The molecule has 0 amide bonds. The summed E-state index contributed by atoms with van der Waals surface area (Å²) in [4.78, 5) is 16.7. The van der Waals surface area contributed by atoms with Gasteiger partial charge in [-0.2, -0.15) is 0 Å². The minimum absolute atomic E-state index is 0.0261. The minimum Gasteiger partial charge on any atom is -0.379 e. The number of fused-ring (bicyclic) bond motifs is 2. The van der Waals surface area contributed by atoms with E-state index >= 15 is 0 Å². The van der Waals surface area contributed by atoms with E-state index in [4.69, 9.17) is 4.74 Å². The molecule has 29 heavy (non-hydrogen) atoms. The quantitative estimate of drug-likeness (QED) is 0.662. The highest BCUT2D eigenvalue weighted by molar-refractivity contribution is 7.85. The molecule has 2 aliphatic rings. The van der Waals surface area contributed by atoms with Gasteiger partial charge in [-0.3, -0.25) is 9.19 Å². The highest BCUT2D eigenvalue weighted by atomic mass is 32.2. The van der Waals surface area contributed by atoms with Crippen LogP contribution in [0.2, 0.25) is 0 Å². The van der Waals surface area contributed by atoms with Crippen LogP contribution in [0.4, 0.5) is 11.6 Å². The summed E-state index contributed by atoms with van der Waals surface area (Å²) in [6, 6.07) is 10.1. The maximum Gasteiger partial charge on any atom is 0.229 e. The molecule has 148 valence electrons. The van der Waals surface area contributed by atoms with Gasteiger partial charge in [-0.1, -0.05) is 13.0 Å². The van der Waals surface area contributed by atoms with Crippen LogP contribution in [0.1, 0.15) is 18.1 Å². The van der Waals surface area contributed by atoms with E-state index in [-0.39, 0.29) is 5.41 Å². The summed E-state index contributed by atoms with van der Waals surface area (Å²) >= 11 is 0. The Morgan fingerprint density at radius 3 is 2.59 bits per heavy atom. The summed E-state index contributed by atoms with van der Waals surface area (Å²) in [6.45, 7) is 6.13. The smallest absolute Gasteiger partial charge is 0.229 e. The van der Waals surface area contributed by atoms with Gasteiger partial charge in [0.25, 0.3) is 0 Å². The molecule has 6 nitrogen and oxygen atoms in total. The number of anilines is 2. The van der Waals surface area contributed by atoms with E-state index in [0.717, 1.165) is 33.9 Å². The van der Waals surface area contributed by atoms with E-state index in [0.29, 0.717) is 24.9 Å². The number of hydrogen-bond donors (Lipinski definition) is 0. The number of benzene rings is 1. The zero-order chi connectivity index (χ0) is 20.0. The second-order valence-corrected chi connectivity index (χ2v) is 9.40. The lowest BCUT2D eigenvalue weighted by Gasteiger charge is -2.38. The summed E-state index contributed by atoms with van der Waals surface area (Å²) in [7, 11) is -1.00. The Morgan fingerprint density at radius 2 is 1.93 bits per heavy atom. The van der Waals surface area contributed by atoms with E-state index in [1.54, 1.807) is 6.20 Å². The lowest BCUT2D eigenvalue weighted by atomic mass is 9.81. The van der Waals surface area contributed by atoms with Gasteiger partial charge in [0.15, 0.2) is 0 Å². The molecular weight excluding hydrogens is 384 g/mol. The molecular formula is C22H22N4O2S. The molecule has 1 saturated heterocycles. The van der Waals surface area contributed by atoms with Crippen LogP contribution in [-0.2, 0) is 21.0 Å². The average Bonchev–Trinajstić information content (AvgIpc) is 3.08. The molecule has 5 rings (SSSR count). The standard InChI is InChI=1S/C22H22N4O2S/c1-3-29(27)17-4-5-18-20(9-17)26(12-22(18)13-28-14-22)21-24-10-16(11-25-21)19-8-15(2)6-7-23-19/h4-11H,3,12-14H2,1-2H3/t29-/m0/s1. The van der Waals surface area contributed by atoms with Gasteiger partial charge >= 0.3 is 0 Å². The van der Waals surface area contributed by atoms with Crippen molar-refractivity contribution < 1.29 is 8.95 Å². The fourth-order valence-corrected chi connectivity index (χ4v) is 4.82. The number of pyridine rings is 1. The summed E-state index contributed by atoms with van der Waals surface area (Å²) in [5.74, 6) is 1.24. The summed E-state index contributed by atoms with van der Waals surface area (Å²) in [5.41, 5.74) is 5.14. The molecule has 2 aromatic heterocycles. The van der Waals surface area contributed by atoms with Crippen LogP contribution in [0, 0.1) is 6.92 Å². The summed E-state index contributed by atoms with van der Waals surface area (Å²) in [5, 5.41) is 0. The van der Waals surface area contributed by atoms with Crippen molar-refractivity contribution in [1.29, 1.82) is 0 Å². The Balaban J connectivity index is 1.53. The molecule has 0 saturated carbocycles. The molecule has 0 N–H and O–H groups in total. The molecule has 1 aromatic carbocycles. The number of nitrogens with zero attached hydrogens (tertiary/aromatic N) is 4. The second-order valence-electron chi connectivity index (χ2n) is 7.66. The lowest BCUT2D eigenvalue weighted by molar-refractivity contribution is -0.0507. The number of rotatable bonds is 4. The Hall–Kier alpha value is -2.64. The van der Waals surface area contributed by atoms with Crippen molar-refractivity contribution in [3.8, 4) is 11.3 Å². The predicted octanol–water partition coefficient (Wildman–Crippen LogP) is 3.39. The third-order valence-electron chi connectivity index (χ3n) is 5.66. The zero-order valence-electron chi connectivity index (χ0n) is 16.5. The molecule has 1 atom stereocenters. The van der Waals surface area contributed by atoms with Gasteiger partial charge in [0.05, 0.1) is 35.1 Å².